The zero-order chi connectivity index (χ0) is 77.2. The first-order valence-electron chi connectivity index (χ1n) is 40.0. The number of likely N-dealkylation sites (tertiary alicyclic amines) is 2. The van der Waals surface area contributed by atoms with Crippen molar-refractivity contribution in [3.8, 4) is 0 Å². The molecule has 2 amide bonds. The van der Waals surface area contributed by atoms with Crippen LogP contribution >= 0.6 is 0 Å². The lowest BCUT2D eigenvalue weighted by atomic mass is 9.73. The van der Waals surface area contributed by atoms with Crippen LogP contribution < -0.4 is 0 Å². The first kappa shape index (κ1) is 83.7. The van der Waals surface area contributed by atoms with E-state index < -0.39 is 197 Å². The Balaban J connectivity index is 0.676. The molecule has 4 saturated carbocycles. The fraction of sp³-hybridized carbons (Fsp3) is 0.892. The number of ether oxygens (including phenoxy) is 13. The zero-order valence-corrected chi connectivity index (χ0v) is 63.1. The Kier molecular flexibility index (Phi) is 30.0. The van der Waals surface area contributed by atoms with Crippen LogP contribution in [0.25, 0.3) is 0 Å². The number of carbonyl (C=O) groups excluding carboxylic acids is 4. The molecule has 10 aliphatic rings. The predicted octanol–water partition coefficient (Wildman–Crippen LogP) is -0.395. The Bertz CT molecular complexity index is 3180. The van der Waals surface area contributed by atoms with Gasteiger partial charge < -0.3 is 122 Å². The molecule has 0 spiro atoms. The van der Waals surface area contributed by atoms with Crippen LogP contribution in [0.4, 0.5) is 0 Å². The van der Waals surface area contributed by atoms with Crippen molar-refractivity contribution < 1.29 is 132 Å². The van der Waals surface area contributed by atoms with Gasteiger partial charge in [0, 0.05) is 32.1 Å². The number of aromatic nitrogens is 6. The number of aliphatic hydroxyl groups excluding tert-OH is 10. The second kappa shape index (κ2) is 39.1. The Hall–Kier alpha value is -4.68. The number of amides is 2. The quantitative estimate of drug-likeness (QED) is 0.0329. The van der Waals surface area contributed by atoms with Gasteiger partial charge in [0.15, 0.2) is 31.1 Å². The minimum atomic E-state index is -1.62. The standard InChI is InChI=1S/C74H118N8O27/c1-39-15-11-21-47(63(39)108-72-61(93)59(91)55(87)41(3)99-72)65-68(66(57(89)51(35-83)103-65)101-49(70(95)79-23-13-24-79)29-43-17-7-5-8-18-43)106-53(85)33-81-31-45(75-77-81)37-97-27-28-98-38-46-32-82(78-76-46)34-54(86)107-69-67(102-50(71(96)80-25-14-26-80)30-44-19-9-6-10-20-44)58(90)52(36-84)105-74(69)104-48-22-12-16-40(2)64(48)109-73-62(94)60(92)56(88)42(4)100-73/h31-32,39-44,47-52,55-69,72-74,83-84,87-94H,5-30,33-38H2,1-4H3/t39-,40-,41-,42-,47?,48+,49-,50-,51+,52+,55+,56+,57-,58-,59+,60+,61-,62-,63+,64+,65-,66-,67-,68-,69+,72-,73-,74+/m0/s1. The van der Waals surface area contributed by atoms with Crippen LogP contribution in [-0.4, -0.2) is 320 Å². The number of aliphatic hydroxyl groups is 10. The number of rotatable bonds is 32. The third-order valence-corrected chi connectivity index (χ3v) is 24.1. The number of nitrogens with zero attached hydrogens (tertiary/aromatic N) is 8. The maximum absolute atomic E-state index is 14.4. The predicted molar refractivity (Wildman–Crippen MR) is 374 cm³/mol. The summed E-state index contributed by atoms with van der Waals surface area (Å²) in [5.74, 6) is -2.94. The maximum Gasteiger partial charge on any atom is 0.328 e. The van der Waals surface area contributed by atoms with Crippen LogP contribution in [0.2, 0.25) is 0 Å². The van der Waals surface area contributed by atoms with Crippen LogP contribution in [0.1, 0.15) is 167 Å². The molecule has 8 heterocycles. The SMILES string of the molecule is C[C@@H]1O[C@@H](O[C@@H]2[C@@H](C)CCC[C@H]2O[C@@H]2O[C@H](CO)[C@H](O)[C@H](O[C@@H](CC3CCCCC3)C(=O)N3CCC3)[C@H]2OC(=O)Cn2cc(COCCOCc3cn(CC(=O)O[C@@H]4[C@@H](O[C@@H](CC5CCCCC5)C(=O)N5CCC5)[C@@H](O)[C@@H](CO)O[C@H]4C4CCC[C@H](C)[C@H]4O[C@@H]4O[C@@H](C)[C@@H](O)[C@@H](O)[C@@H]4O)nn3)nn2)[C@@H](O)[C@H](O)[C@@H]1O. The highest BCUT2D eigenvalue weighted by Gasteiger charge is 2.58. The summed E-state index contributed by atoms with van der Waals surface area (Å²) in [5.41, 5.74) is 0.680. The summed E-state index contributed by atoms with van der Waals surface area (Å²) < 4.78 is 84.8. The van der Waals surface area contributed by atoms with Gasteiger partial charge in [-0.15, -0.1) is 10.2 Å². The van der Waals surface area contributed by atoms with E-state index in [0.717, 1.165) is 77.0 Å². The van der Waals surface area contributed by atoms with Gasteiger partial charge in [0.1, 0.15) is 116 Å². The topological polar surface area (TPSA) is 458 Å². The molecule has 12 rings (SSSR count). The average Bonchev–Trinajstić information content (AvgIpc) is 0.844. The summed E-state index contributed by atoms with van der Waals surface area (Å²) in [5, 5.41) is 127. The first-order chi connectivity index (χ1) is 52.5. The molecule has 4 aliphatic carbocycles. The van der Waals surface area contributed by atoms with Crippen molar-refractivity contribution >= 4 is 23.8 Å². The Morgan fingerprint density at radius 3 is 1.39 bits per heavy atom. The normalized spacial score (nSPS) is 38.4. The van der Waals surface area contributed by atoms with Crippen LogP contribution in [-0.2, 0) is 107 Å². The van der Waals surface area contributed by atoms with Crippen molar-refractivity contribution in [2.75, 3.05) is 52.6 Å². The smallest absolute Gasteiger partial charge is 0.328 e. The molecule has 6 saturated heterocycles. The fourth-order valence-corrected chi connectivity index (χ4v) is 17.4. The van der Waals surface area contributed by atoms with Gasteiger partial charge in [-0.2, -0.15) is 0 Å². The highest BCUT2D eigenvalue weighted by molar-refractivity contribution is 5.82. The van der Waals surface area contributed by atoms with Crippen LogP contribution in [0.3, 0.4) is 0 Å². The summed E-state index contributed by atoms with van der Waals surface area (Å²) in [7, 11) is 0. The van der Waals surface area contributed by atoms with E-state index in [0.29, 0.717) is 88.9 Å². The minimum Gasteiger partial charge on any atom is -0.455 e. The Labute approximate surface area is 634 Å². The molecule has 35 heteroatoms. The summed E-state index contributed by atoms with van der Waals surface area (Å²) >= 11 is 0. The Morgan fingerprint density at radius 1 is 0.459 bits per heavy atom. The molecule has 2 aromatic rings. The molecule has 10 fully saturated rings. The average molecular weight is 1550 g/mol. The molecule has 0 bridgehead atoms. The number of esters is 2. The number of hydrogen-bond donors (Lipinski definition) is 10. The molecule has 616 valence electrons. The molecule has 10 N–H and O–H groups in total. The second-order valence-corrected chi connectivity index (χ2v) is 32.1. The molecule has 0 aromatic carbocycles. The third kappa shape index (κ3) is 20.7. The molecule has 1 unspecified atom stereocenters. The summed E-state index contributed by atoms with van der Waals surface area (Å²) in [4.78, 5) is 60.8. The number of carbonyl (C=O) groups is 4. The van der Waals surface area contributed by atoms with E-state index in [1.807, 2.05) is 13.8 Å². The van der Waals surface area contributed by atoms with Crippen LogP contribution in [0.15, 0.2) is 12.4 Å². The third-order valence-electron chi connectivity index (χ3n) is 24.1. The lowest BCUT2D eigenvalue weighted by Gasteiger charge is -2.51. The van der Waals surface area contributed by atoms with E-state index in [9.17, 15) is 70.2 Å². The summed E-state index contributed by atoms with van der Waals surface area (Å²) in [6.45, 7) is 6.84. The maximum atomic E-state index is 14.4. The molecule has 28 atom stereocenters. The van der Waals surface area contributed by atoms with Gasteiger partial charge >= 0.3 is 11.9 Å². The minimum absolute atomic E-state index is 0.0516. The van der Waals surface area contributed by atoms with Crippen molar-refractivity contribution in [1.29, 1.82) is 0 Å². The van der Waals surface area contributed by atoms with Crippen LogP contribution in [0.5, 0.6) is 0 Å². The van der Waals surface area contributed by atoms with E-state index in [4.69, 9.17) is 61.6 Å². The van der Waals surface area contributed by atoms with E-state index >= 15 is 0 Å². The van der Waals surface area contributed by atoms with Crippen molar-refractivity contribution in [3.63, 3.8) is 0 Å². The van der Waals surface area contributed by atoms with Gasteiger partial charge in [0.25, 0.3) is 11.8 Å². The summed E-state index contributed by atoms with van der Waals surface area (Å²) in [6.07, 6.45) is -13.7. The van der Waals surface area contributed by atoms with Crippen molar-refractivity contribution in [2.24, 2.45) is 29.6 Å². The molecule has 35 nitrogen and oxygen atoms in total. The van der Waals surface area contributed by atoms with Gasteiger partial charge in [0.05, 0.1) is 82.6 Å². The lowest BCUT2D eigenvalue weighted by molar-refractivity contribution is -0.349. The fourth-order valence-electron chi connectivity index (χ4n) is 17.4. The zero-order valence-electron chi connectivity index (χ0n) is 63.1. The lowest BCUT2D eigenvalue weighted by Crippen LogP contribution is -2.66. The molecular formula is C74H118N8O27. The number of hydrogen-bond acceptors (Lipinski definition) is 31. The van der Waals surface area contributed by atoms with E-state index in [-0.39, 0.29) is 61.9 Å². The summed E-state index contributed by atoms with van der Waals surface area (Å²) in [6, 6.07) is 0. The van der Waals surface area contributed by atoms with E-state index in [2.05, 4.69) is 20.6 Å². The molecule has 0 radical (unpaired) electrons. The van der Waals surface area contributed by atoms with Gasteiger partial charge in [-0.05, 0) is 88.9 Å². The monoisotopic (exact) mass is 1550 g/mol. The van der Waals surface area contributed by atoms with E-state index in [1.165, 1.54) is 21.8 Å². The highest BCUT2D eigenvalue weighted by Crippen LogP contribution is 2.44. The Morgan fingerprint density at radius 2 is 0.908 bits per heavy atom. The van der Waals surface area contributed by atoms with Gasteiger partial charge in [-0.25, -0.2) is 9.36 Å². The van der Waals surface area contributed by atoms with E-state index in [1.54, 1.807) is 23.6 Å². The highest BCUT2D eigenvalue weighted by atomic mass is 16.8. The van der Waals surface area contributed by atoms with Crippen molar-refractivity contribution in [3.05, 3.63) is 23.8 Å². The molecular weight excluding hydrogens is 1430 g/mol. The van der Waals surface area contributed by atoms with Crippen molar-refractivity contribution in [1.82, 2.24) is 39.8 Å². The molecule has 2 aromatic heterocycles. The molecule has 109 heavy (non-hydrogen) atoms. The van der Waals surface area contributed by atoms with Gasteiger partial charge in [0.2, 0.25) is 0 Å². The van der Waals surface area contributed by atoms with Gasteiger partial charge in [-0.1, -0.05) is 101 Å². The first-order valence-corrected chi connectivity index (χ1v) is 40.0. The van der Waals surface area contributed by atoms with Crippen molar-refractivity contribution in [2.45, 2.75) is 336 Å². The second-order valence-electron chi connectivity index (χ2n) is 32.1. The largest absolute Gasteiger partial charge is 0.455 e. The van der Waals surface area contributed by atoms with Gasteiger partial charge in [-0.3, -0.25) is 19.2 Å². The van der Waals surface area contributed by atoms with Crippen LogP contribution in [0, 0.1) is 29.6 Å². The molecule has 6 aliphatic heterocycles.